The topological polar surface area (TPSA) is 66.8 Å². The molecular weight excluding hydrogens is 453 g/mol. The molecule has 9 heteroatoms. The van der Waals surface area contributed by atoms with Gasteiger partial charge in [-0.2, -0.15) is 5.10 Å². The summed E-state index contributed by atoms with van der Waals surface area (Å²) in [5.41, 5.74) is 2.19. The lowest BCUT2D eigenvalue weighted by Gasteiger charge is -2.20. The van der Waals surface area contributed by atoms with E-state index in [4.69, 9.17) is 0 Å². The van der Waals surface area contributed by atoms with Crippen molar-refractivity contribution in [3.63, 3.8) is 0 Å². The summed E-state index contributed by atoms with van der Waals surface area (Å²) in [6.45, 7) is 1.34. The number of amides is 1. The monoisotopic (exact) mass is 472 g/mol. The van der Waals surface area contributed by atoms with Crippen LogP contribution in [-0.2, 0) is 20.4 Å². The molecule has 0 saturated carbocycles. The van der Waals surface area contributed by atoms with E-state index in [1.165, 1.54) is 30.1 Å². The molecule has 0 saturated heterocycles. The van der Waals surface area contributed by atoms with E-state index in [1.54, 1.807) is 24.3 Å². The van der Waals surface area contributed by atoms with Crippen LogP contribution in [0.5, 0.6) is 0 Å². The van der Waals surface area contributed by atoms with Gasteiger partial charge in [-0.05, 0) is 53.1 Å². The summed E-state index contributed by atoms with van der Waals surface area (Å²) >= 11 is 0. The SMILES string of the molecule is CC(=O)N1N=C(c2ccc(CS(=O)(=O)c3ccc(F)cc3)cc2)CC1c1ccc(F)c(F)c1. The molecule has 1 heterocycles. The van der Waals surface area contributed by atoms with Crippen molar-refractivity contribution < 1.29 is 26.4 Å². The third kappa shape index (κ3) is 4.83. The summed E-state index contributed by atoms with van der Waals surface area (Å²) in [5.74, 6) is -3.10. The molecule has 3 aromatic carbocycles. The molecule has 3 aromatic rings. The van der Waals surface area contributed by atoms with Crippen LogP contribution < -0.4 is 0 Å². The minimum absolute atomic E-state index is 0.0274. The standard InChI is InChI=1S/C24H19F3N2O3S/c1-15(30)29-24(18-6-11-21(26)22(27)12-18)13-23(28-29)17-4-2-16(3-5-17)14-33(31,32)20-9-7-19(25)8-10-20/h2-12,24H,13-14H2,1H3. The molecule has 0 fully saturated rings. The molecular formula is C24H19F3N2O3S. The van der Waals surface area contributed by atoms with Crippen LogP contribution in [0.2, 0.25) is 0 Å². The lowest BCUT2D eigenvalue weighted by Crippen LogP contribution is -2.24. The van der Waals surface area contributed by atoms with Gasteiger partial charge in [-0.25, -0.2) is 26.6 Å². The highest BCUT2D eigenvalue weighted by Crippen LogP contribution is 2.33. The number of sulfone groups is 1. The maximum atomic E-state index is 13.7. The summed E-state index contributed by atoms with van der Waals surface area (Å²) in [5, 5.41) is 5.59. The molecule has 33 heavy (non-hydrogen) atoms. The summed E-state index contributed by atoms with van der Waals surface area (Å²) < 4.78 is 65.3. The maximum absolute atomic E-state index is 13.7. The van der Waals surface area contributed by atoms with E-state index in [1.807, 2.05) is 0 Å². The first-order valence-electron chi connectivity index (χ1n) is 10.0. The van der Waals surface area contributed by atoms with E-state index in [9.17, 15) is 26.4 Å². The third-order valence-electron chi connectivity index (χ3n) is 5.38. The van der Waals surface area contributed by atoms with Gasteiger partial charge in [0, 0.05) is 13.3 Å². The van der Waals surface area contributed by atoms with Crippen LogP contribution in [0.3, 0.4) is 0 Å². The minimum atomic E-state index is -3.65. The lowest BCUT2D eigenvalue weighted by atomic mass is 9.98. The zero-order chi connectivity index (χ0) is 23.8. The summed E-state index contributed by atoms with van der Waals surface area (Å²) in [6.07, 6.45) is 0.290. The predicted octanol–water partition coefficient (Wildman–Crippen LogP) is 4.78. The maximum Gasteiger partial charge on any atom is 0.240 e. The molecule has 1 aliphatic heterocycles. The van der Waals surface area contributed by atoms with Crippen molar-refractivity contribution >= 4 is 21.5 Å². The number of hydrazone groups is 1. The molecule has 0 spiro atoms. The smallest absolute Gasteiger partial charge is 0.240 e. The van der Waals surface area contributed by atoms with Crippen molar-refractivity contribution in [3.05, 3.63) is 101 Å². The van der Waals surface area contributed by atoms with Gasteiger partial charge in [0.2, 0.25) is 5.91 Å². The highest BCUT2D eigenvalue weighted by molar-refractivity contribution is 7.90. The molecule has 0 bridgehead atoms. The molecule has 0 radical (unpaired) electrons. The van der Waals surface area contributed by atoms with Gasteiger partial charge in [-0.3, -0.25) is 4.79 Å². The molecule has 1 atom stereocenters. The molecule has 1 aliphatic rings. The van der Waals surface area contributed by atoms with Crippen molar-refractivity contribution in [1.82, 2.24) is 5.01 Å². The second-order valence-electron chi connectivity index (χ2n) is 7.71. The van der Waals surface area contributed by atoms with Gasteiger partial charge in [-0.15, -0.1) is 0 Å². The number of benzene rings is 3. The van der Waals surface area contributed by atoms with Crippen LogP contribution >= 0.6 is 0 Å². The first-order chi connectivity index (χ1) is 15.6. The van der Waals surface area contributed by atoms with Crippen molar-refractivity contribution in [1.29, 1.82) is 0 Å². The van der Waals surface area contributed by atoms with E-state index >= 15 is 0 Å². The van der Waals surface area contributed by atoms with E-state index in [0.717, 1.165) is 24.3 Å². The fourth-order valence-corrected chi connectivity index (χ4v) is 5.04. The number of hydrogen-bond acceptors (Lipinski definition) is 4. The van der Waals surface area contributed by atoms with Crippen LogP contribution in [0.25, 0.3) is 0 Å². The molecule has 0 aliphatic carbocycles. The largest absolute Gasteiger partial charge is 0.273 e. The predicted molar refractivity (Wildman–Crippen MR) is 117 cm³/mol. The Morgan fingerprint density at radius 2 is 1.64 bits per heavy atom. The first-order valence-corrected chi connectivity index (χ1v) is 11.7. The zero-order valence-electron chi connectivity index (χ0n) is 17.5. The van der Waals surface area contributed by atoms with Gasteiger partial charge in [0.25, 0.3) is 0 Å². The molecule has 1 unspecified atom stereocenters. The average Bonchev–Trinajstić information content (AvgIpc) is 3.22. The minimum Gasteiger partial charge on any atom is -0.273 e. The number of carbonyl (C=O) groups is 1. The Labute approximate surface area is 189 Å². The van der Waals surface area contributed by atoms with Gasteiger partial charge < -0.3 is 0 Å². The fraction of sp³-hybridized carbons (Fsp3) is 0.167. The zero-order valence-corrected chi connectivity index (χ0v) is 18.3. The molecule has 5 nitrogen and oxygen atoms in total. The van der Waals surface area contributed by atoms with Crippen LogP contribution in [0.4, 0.5) is 13.2 Å². The number of halogens is 3. The number of hydrogen-bond donors (Lipinski definition) is 0. The van der Waals surface area contributed by atoms with E-state index < -0.39 is 33.3 Å². The highest BCUT2D eigenvalue weighted by atomic mass is 32.2. The number of rotatable bonds is 5. The Bertz CT molecular complexity index is 1340. The van der Waals surface area contributed by atoms with Crippen molar-refractivity contribution in [2.45, 2.75) is 30.0 Å². The second-order valence-corrected chi connectivity index (χ2v) is 9.70. The van der Waals surface area contributed by atoms with Gasteiger partial charge in [0.1, 0.15) is 5.82 Å². The van der Waals surface area contributed by atoms with Crippen molar-refractivity contribution in [3.8, 4) is 0 Å². The van der Waals surface area contributed by atoms with Gasteiger partial charge in [-0.1, -0.05) is 30.3 Å². The molecule has 0 N–H and O–H groups in total. The van der Waals surface area contributed by atoms with Gasteiger partial charge in [0.15, 0.2) is 21.5 Å². The highest BCUT2D eigenvalue weighted by Gasteiger charge is 2.32. The third-order valence-corrected chi connectivity index (χ3v) is 7.08. The average molecular weight is 472 g/mol. The lowest BCUT2D eigenvalue weighted by molar-refractivity contribution is -0.130. The van der Waals surface area contributed by atoms with Crippen LogP contribution in [-0.4, -0.2) is 25.0 Å². The van der Waals surface area contributed by atoms with E-state index in [-0.39, 0.29) is 23.0 Å². The Kier molecular flexibility index (Phi) is 6.07. The molecule has 1 amide bonds. The number of nitrogens with zero attached hydrogens (tertiary/aromatic N) is 2. The van der Waals surface area contributed by atoms with Crippen molar-refractivity contribution in [2.75, 3.05) is 0 Å². The van der Waals surface area contributed by atoms with Crippen LogP contribution in [0.1, 0.15) is 36.1 Å². The normalized spacial score (nSPS) is 16.1. The van der Waals surface area contributed by atoms with E-state index in [0.29, 0.717) is 22.4 Å². The van der Waals surface area contributed by atoms with Crippen LogP contribution in [0.15, 0.2) is 76.7 Å². The van der Waals surface area contributed by atoms with E-state index in [2.05, 4.69) is 5.10 Å². The molecule has 170 valence electrons. The fourth-order valence-electron chi connectivity index (χ4n) is 3.69. The second kappa shape index (κ2) is 8.82. The Morgan fingerprint density at radius 1 is 0.970 bits per heavy atom. The Balaban J connectivity index is 1.54. The summed E-state index contributed by atoms with van der Waals surface area (Å²) in [4.78, 5) is 12.1. The quantitative estimate of drug-likeness (QED) is 0.502. The molecule has 0 aromatic heterocycles. The number of carbonyl (C=O) groups excluding carboxylic acids is 1. The Hall–Kier alpha value is -3.46. The Morgan fingerprint density at radius 3 is 2.24 bits per heavy atom. The molecule has 4 rings (SSSR count). The summed E-state index contributed by atoms with van der Waals surface area (Å²) in [6, 6.07) is 14.2. The summed E-state index contributed by atoms with van der Waals surface area (Å²) in [7, 11) is -3.65. The van der Waals surface area contributed by atoms with Gasteiger partial charge in [0.05, 0.1) is 22.4 Å². The van der Waals surface area contributed by atoms with Crippen LogP contribution in [0, 0.1) is 17.5 Å². The van der Waals surface area contributed by atoms with Gasteiger partial charge >= 0.3 is 0 Å². The van der Waals surface area contributed by atoms with Crippen molar-refractivity contribution in [2.24, 2.45) is 5.10 Å². The first kappa shape index (κ1) is 22.7.